The van der Waals surface area contributed by atoms with Gasteiger partial charge in [-0.25, -0.2) is 9.59 Å². The molecule has 8 heteroatoms. The summed E-state index contributed by atoms with van der Waals surface area (Å²) < 4.78 is 5.27. The highest BCUT2D eigenvalue weighted by Gasteiger charge is 2.28. The van der Waals surface area contributed by atoms with Crippen LogP contribution in [-0.4, -0.2) is 49.0 Å². The number of nitrogens with one attached hydrogen (secondary N) is 2. The minimum atomic E-state index is -0.347. The second-order valence-electron chi connectivity index (χ2n) is 10.2. The summed E-state index contributed by atoms with van der Waals surface area (Å²) in [6.07, 6.45) is 15.0. The summed E-state index contributed by atoms with van der Waals surface area (Å²) in [6.45, 7) is 6.46. The molecule has 3 amide bonds. The SMILES string of the molecule is CCCCCCCCCC(=O)N1CCC(CNC(=O)Nc2sc3c(c2C(=O)OCC)CCCC3)CC1. The van der Waals surface area contributed by atoms with Gasteiger partial charge in [-0.05, 0) is 63.4 Å². The Morgan fingerprint density at radius 2 is 1.67 bits per heavy atom. The number of urea groups is 1. The predicted molar refractivity (Wildman–Crippen MR) is 146 cm³/mol. The van der Waals surface area contributed by atoms with Crippen LogP contribution in [0.1, 0.15) is 112 Å². The molecule has 3 rings (SSSR count). The van der Waals surface area contributed by atoms with Crippen molar-refractivity contribution < 1.29 is 19.1 Å². The summed E-state index contributed by atoms with van der Waals surface area (Å²) in [5.41, 5.74) is 1.59. The second-order valence-corrected chi connectivity index (χ2v) is 11.3. The van der Waals surface area contributed by atoms with E-state index in [0.29, 0.717) is 36.1 Å². The number of aryl methyl sites for hydroxylation is 1. The molecule has 7 nitrogen and oxygen atoms in total. The number of likely N-dealkylation sites (tertiary alicyclic amines) is 1. The van der Waals surface area contributed by atoms with Gasteiger partial charge in [-0.2, -0.15) is 0 Å². The van der Waals surface area contributed by atoms with Crippen molar-refractivity contribution in [2.45, 2.75) is 104 Å². The van der Waals surface area contributed by atoms with Crippen molar-refractivity contribution in [3.05, 3.63) is 16.0 Å². The van der Waals surface area contributed by atoms with E-state index in [1.54, 1.807) is 6.92 Å². The Hall–Kier alpha value is -2.09. The lowest BCUT2D eigenvalue weighted by Gasteiger charge is -2.32. The third-order valence-electron chi connectivity index (χ3n) is 7.39. The second kappa shape index (κ2) is 15.2. The van der Waals surface area contributed by atoms with Crippen LogP contribution in [0.15, 0.2) is 0 Å². The van der Waals surface area contributed by atoms with E-state index in [9.17, 15) is 14.4 Å². The minimum absolute atomic E-state index is 0.279. The minimum Gasteiger partial charge on any atom is -0.462 e. The number of nitrogens with zero attached hydrogens (tertiary/aromatic N) is 1. The molecule has 0 atom stereocenters. The van der Waals surface area contributed by atoms with E-state index in [-0.39, 0.29) is 17.9 Å². The number of carbonyl (C=O) groups excluding carboxylic acids is 3. The first kappa shape index (κ1) is 28.5. The number of rotatable bonds is 13. The smallest absolute Gasteiger partial charge is 0.341 e. The zero-order valence-electron chi connectivity index (χ0n) is 22.3. The van der Waals surface area contributed by atoms with Crippen molar-refractivity contribution in [1.82, 2.24) is 10.2 Å². The van der Waals surface area contributed by atoms with Crippen molar-refractivity contribution in [3.63, 3.8) is 0 Å². The van der Waals surface area contributed by atoms with Crippen LogP contribution in [-0.2, 0) is 22.4 Å². The Labute approximate surface area is 220 Å². The Morgan fingerprint density at radius 1 is 0.972 bits per heavy atom. The number of esters is 1. The van der Waals surface area contributed by atoms with E-state index >= 15 is 0 Å². The standard InChI is InChI=1S/C28H45N3O4S/c1-3-5-6-7-8-9-10-15-24(32)31-18-16-21(17-19-31)20-29-28(34)30-26-25(27(33)35-4-2)22-13-11-12-14-23(22)36-26/h21H,3-20H2,1-2H3,(H2,29,30,34). The summed E-state index contributed by atoms with van der Waals surface area (Å²) in [7, 11) is 0. The molecule has 36 heavy (non-hydrogen) atoms. The molecular weight excluding hydrogens is 474 g/mol. The number of ether oxygens (including phenoxy) is 1. The number of piperidine rings is 1. The fraction of sp³-hybridized carbons (Fsp3) is 0.750. The lowest BCUT2D eigenvalue weighted by atomic mass is 9.95. The molecule has 0 radical (unpaired) electrons. The van der Waals surface area contributed by atoms with Crippen LogP contribution in [0.4, 0.5) is 9.80 Å². The lowest BCUT2D eigenvalue weighted by molar-refractivity contribution is -0.132. The van der Waals surface area contributed by atoms with Crippen LogP contribution in [0.3, 0.4) is 0 Å². The first-order valence-electron chi connectivity index (χ1n) is 14.2. The topological polar surface area (TPSA) is 87.7 Å². The average molecular weight is 520 g/mol. The van der Waals surface area contributed by atoms with Gasteiger partial charge in [-0.15, -0.1) is 11.3 Å². The fourth-order valence-electron chi connectivity index (χ4n) is 5.24. The molecule has 0 bridgehead atoms. The first-order valence-corrected chi connectivity index (χ1v) is 15.0. The number of amides is 3. The molecular formula is C28H45N3O4S. The van der Waals surface area contributed by atoms with Gasteiger partial charge in [-0.3, -0.25) is 10.1 Å². The molecule has 1 fully saturated rings. The van der Waals surface area contributed by atoms with Gasteiger partial charge in [0.25, 0.3) is 0 Å². The molecule has 1 aromatic rings. The van der Waals surface area contributed by atoms with Crippen LogP contribution in [0.25, 0.3) is 0 Å². The Balaban J connectivity index is 1.37. The van der Waals surface area contributed by atoms with Crippen LogP contribution >= 0.6 is 11.3 Å². The molecule has 0 spiro atoms. The maximum absolute atomic E-state index is 12.7. The van der Waals surface area contributed by atoms with Gasteiger partial charge in [0.1, 0.15) is 5.00 Å². The van der Waals surface area contributed by atoms with Crippen LogP contribution in [0, 0.1) is 5.92 Å². The van der Waals surface area contributed by atoms with Gasteiger partial charge in [-0.1, -0.05) is 45.4 Å². The summed E-state index contributed by atoms with van der Waals surface area (Å²) >= 11 is 1.51. The highest BCUT2D eigenvalue weighted by molar-refractivity contribution is 7.17. The van der Waals surface area contributed by atoms with Crippen molar-refractivity contribution in [2.75, 3.05) is 31.6 Å². The van der Waals surface area contributed by atoms with Gasteiger partial charge in [0.2, 0.25) is 5.91 Å². The summed E-state index contributed by atoms with van der Waals surface area (Å²) in [5.74, 6) is 0.293. The Kier molecular flexibility index (Phi) is 12.0. The highest BCUT2D eigenvalue weighted by atomic mass is 32.1. The molecule has 0 aromatic carbocycles. The van der Waals surface area contributed by atoms with Crippen molar-refractivity contribution in [3.8, 4) is 0 Å². The van der Waals surface area contributed by atoms with Crippen LogP contribution < -0.4 is 10.6 Å². The molecule has 1 aliphatic carbocycles. The third kappa shape index (κ3) is 8.49. The molecule has 2 heterocycles. The van der Waals surface area contributed by atoms with Crippen LogP contribution in [0.5, 0.6) is 0 Å². The van der Waals surface area contributed by atoms with Crippen molar-refractivity contribution >= 4 is 34.2 Å². The first-order chi connectivity index (χ1) is 17.5. The zero-order chi connectivity index (χ0) is 25.8. The van der Waals surface area contributed by atoms with E-state index < -0.39 is 0 Å². The van der Waals surface area contributed by atoms with Gasteiger partial charge >= 0.3 is 12.0 Å². The molecule has 2 N–H and O–H groups in total. The Morgan fingerprint density at radius 3 is 2.39 bits per heavy atom. The normalized spacial score (nSPS) is 15.9. The number of anilines is 1. The number of hydrogen-bond acceptors (Lipinski definition) is 5. The largest absolute Gasteiger partial charge is 0.462 e. The number of hydrogen-bond donors (Lipinski definition) is 2. The zero-order valence-corrected chi connectivity index (χ0v) is 23.1. The highest BCUT2D eigenvalue weighted by Crippen LogP contribution is 2.38. The fourth-order valence-corrected chi connectivity index (χ4v) is 6.51. The predicted octanol–water partition coefficient (Wildman–Crippen LogP) is 6.30. The molecule has 1 aromatic heterocycles. The summed E-state index contributed by atoms with van der Waals surface area (Å²) in [5, 5.41) is 6.51. The lowest BCUT2D eigenvalue weighted by Crippen LogP contribution is -2.42. The van der Waals surface area contributed by atoms with E-state index in [1.807, 2.05) is 4.90 Å². The van der Waals surface area contributed by atoms with Gasteiger partial charge in [0, 0.05) is 30.9 Å². The summed E-state index contributed by atoms with van der Waals surface area (Å²) in [4.78, 5) is 41.0. The molecule has 1 aliphatic heterocycles. The van der Waals surface area contributed by atoms with E-state index in [2.05, 4.69) is 17.6 Å². The number of thiophene rings is 1. The number of unbranched alkanes of at least 4 members (excludes halogenated alkanes) is 6. The Bertz CT molecular complexity index is 861. The van der Waals surface area contributed by atoms with Gasteiger partial charge in [0.15, 0.2) is 0 Å². The number of carbonyl (C=O) groups is 3. The van der Waals surface area contributed by atoms with Crippen molar-refractivity contribution in [1.29, 1.82) is 0 Å². The average Bonchev–Trinajstić information content (AvgIpc) is 3.25. The molecule has 1 saturated heterocycles. The third-order valence-corrected chi connectivity index (χ3v) is 8.60. The van der Waals surface area contributed by atoms with Crippen LogP contribution in [0.2, 0.25) is 0 Å². The molecule has 202 valence electrons. The monoisotopic (exact) mass is 519 g/mol. The van der Waals surface area contributed by atoms with Crippen molar-refractivity contribution in [2.24, 2.45) is 5.92 Å². The molecule has 2 aliphatic rings. The molecule has 0 unspecified atom stereocenters. The molecule has 0 saturated carbocycles. The van der Waals surface area contributed by atoms with E-state index in [0.717, 1.165) is 70.0 Å². The maximum Gasteiger partial charge on any atom is 0.341 e. The van der Waals surface area contributed by atoms with E-state index in [4.69, 9.17) is 4.74 Å². The van der Waals surface area contributed by atoms with Gasteiger partial charge in [0.05, 0.1) is 12.2 Å². The maximum atomic E-state index is 12.7. The quantitative estimate of drug-likeness (QED) is 0.236. The summed E-state index contributed by atoms with van der Waals surface area (Å²) in [6, 6.07) is -0.281. The number of fused-ring (bicyclic) bond motifs is 1. The van der Waals surface area contributed by atoms with Gasteiger partial charge < -0.3 is 15.0 Å². The van der Waals surface area contributed by atoms with E-state index in [1.165, 1.54) is 48.3 Å².